The average molecular weight is 1120 g/mol. The predicted octanol–water partition coefficient (Wildman–Crippen LogP) is 15.6. The van der Waals surface area contributed by atoms with Crippen LogP contribution < -0.4 is 23.7 Å². The third kappa shape index (κ3) is 18.8. The smallest absolute Gasteiger partial charge is 0.343 e. The summed E-state index contributed by atoms with van der Waals surface area (Å²) in [6.07, 6.45) is 10.1. The lowest BCUT2D eigenvalue weighted by molar-refractivity contribution is -0.139. The Balaban J connectivity index is 0.973. The first-order chi connectivity index (χ1) is 40.2. The average Bonchev–Trinajstić information content (AvgIpc) is 3.65. The van der Waals surface area contributed by atoms with E-state index in [0.717, 1.165) is 72.2 Å². The molecule has 7 aromatic carbocycles. The van der Waals surface area contributed by atoms with E-state index < -0.39 is 29.7 Å². The first-order valence-electron chi connectivity index (χ1n) is 27.5. The SMILES string of the molecule is C=CC(=O)OCCCOc1ccc2cc(C(=O)Oc3ccc(/C=C/C(=O)Oc4ccc(OC(=O)CCc5ccc(OCCCCCCOC(=O)C(=C)C)cc5)c(-c5ccc(N=Nc6ccc(CCC)cc6F)cc5)c4C)cc3C)ccc2c1. The Bertz CT molecular complexity index is 3510. The van der Waals surface area contributed by atoms with Gasteiger partial charge in [-0.1, -0.05) is 75.0 Å². The molecule has 0 aliphatic rings. The zero-order valence-corrected chi connectivity index (χ0v) is 47.2. The number of rotatable bonds is 29. The third-order valence-electron chi connectivity index (χ3n) is 13.1. The van der Waals surface area contributed by atoms with E-state index in [1.165, 1.54) is 12.1 Å². The van der Waals surface area contributed by atoms with Gasteiger partial charge in [-0.2, -0.15) is 5.11 Å². The maximum absolute atomic E-state index is 14.8. The Labute approximate surface area is 483 Å². The normalized spacial score (nSPS) is 11.1. The minimum atomic E-state index is -0.670. The lowest BCUT2D eigenvalue weighted by atomic mass is 9.98. The van der Waals surface area contributed by atoms with Gasteiger partial charge >= 0.3 is 29.8 Å². The quantitative estimate of drug-likeness (QED) is 0.0143. The van der Waals surface area contributed by atoms with Crippen molar-refractivity contribution in [2.75, 3.05) is 26.4 Å². The number of aryl methyl sites for hydroxylation is 3. The van der Waals surface area contributed by atoms with Crippen molar-refractivity contribution in [3.05, 3.63) is 204 Å². The van der Waals surface area contributed by atoms with E-state index in [-0.39, 0.29) is 36.2 Å². The molecule has 0 heterocycles. The fourth-order valence-corrected chi connectivity index (χ4v) is 8.59. The second kappa shape index (κ2) is 30.9. The minimum Gasteiger partial charge on any atom is -0.494 e. The molecule has 428 valence electrons. The van der Waals surface area contributed by atoms with Crippen LogP contribution in [0.25, 0.3) is 28.0 Å². The highest BCUT2D eigenvalue weighted by Gasteiger charge is 2.20. The van der Waals surface area contributed by atoms with Crippen molar-refractivity contribution in [2.24, 2.45) is 10.2 Å². The molecule has 7 aromatic rings. The predicted molar refractivity (Wildman–Crippen MR) is 317 cm³/mol. The lowest BCUT2D eigenvalue weighted by Crippen LogP contribution is -2.11. The number of unbranched alkanes of at least 4 members (excludes halogenated alkanes) is 3. The van der Waals surface area contributed by atoms with Crippen molar-refractivity contribution in [1.29, 1.82) is 0 Å². The van der Waals surface area contributed by atoms with Crippen LogP contribution in [0.1, 0.15) is 97.0 Å². The molecule has 15 heteroatoms. The Morgan fingerprint density at radius 3 is 2.01 bits per heavy atom. The highest BCUT2D eigenvalue weighted by atomic mass is 19.1. The van der Waals surface area contributed by atoms with Gasteiger partial charge in [0.1, 0.15) is 34.4 Å². The molecule has 14 nitrogen and oxygen atoms in total. The molecule has 0 spiro atoms. The Kier molecular flexibility index (Phi) is 22.8. The molecule has 0 aromatic heterocycles. The summed E-state index contributed by atoms with van der Waals surface area (Å²) in [6, 6.07) is 38.5. The fraction of sp³-hybridized carbons (Fsp3) is 0.250. The van der Waals surface area contributed by atoms with Crippen molar-refractivity contribution < 1.29 is 61.5 Å². The van der Waals surface area contributed by atoms with Gasteiger partial charge in [0.05, 0.1) is 37.7 Å². The zero-order chi connectivity index (χ0) is 59.1. The van der Waals surface area contributed by atoms with Crippen LogP contribution in [0.2, 0.25) is 0 Å². The van der Waals surface area contributed by atoms with E-state index in [4.69, 9.17) is 33.2 Å². The van der Waals surface area contributed by atoms with Gasteiger partial charge in [-0.05, 0) is 189 Å². The molecule has 0 radical (unpaired) electrons. The highest BCUT2D eigenvalue weighted by Crippen LogP contribution is 2.40. The molecule has 0 saturated carbocycles. The van der Waals surface area contributed by atoms with Gasteiger partial charge in [-0.3, -0.25) is 4.79 Å². The van der Waals surface area contributed by atoms with E-state index in [2.05, 4.69) is 23.4 Å². The number of carbonyl (C=O) groups is 5. The van der Waals surface area contributed by atoms with Crippen molar-refractivity contribution in [3.8, 4) is 39.9 Å². The van der Waals surface area contributed by atoms with Gasteiger partial charge in [0.15, 0.2) is 5.82 Å². The highest BCUT2D eigenvalue weighted by molar-refractivity contribution is 5.97. The molecule has 0 aliphatic carbocycles. The topological polar surface area (TPSA) is 175 Å². The maximum Gasteiger partial charge on any atom is 0.343 e. The number of esters is 5. The van der Waals surface area contributed by atoms with Crippen LogP contribution in [-0.2, 0) is 41.5 Å². The first-order valence-corrected chi connectivity index (χ1v) is 27.5. The van der Waals surface area contributed by atoms with E-state index in [9.17, 15) is 28.4 Å². The molecule has 0 unspecified atom stereocenters. The van der Waals surface area contributed by atoms with E-state index >= 15 is 0 Å². The molecule has 7 rings (SSSR count). The maximum atomic E-state index is 14.8. The zero-order valence-electron chi connectivity index (χ0n) is 47.2. The van der Waals surface area contributed by atoms with E-state index in [0.29, 0.717) is 88.8 Å². The van der Waals surface area contributed by atoms with Crippen molar-refractivity contribution in [2.45, 2.75) is 85.5 Å². The number of hydrogen-bond donors (Lipinski definition) is 0. The third-order valence-corrected chi connectivity index (χ3v) is 13.1. The molecule has 83 heavy (non-hydrogen) atoms. The molecule has 0 atom stereocenters. The summed E-state index contributed by atoms with van der Waals surface area (Å²) < 4.78 is 54.4. The van der Waals surface area contributed by atoms with Gasteiger partial charge < -0.3 is 33.2 Å². The molecule has 0 N–H and O–H groups in total. The largest absolute Gasteiger partial charge is 0.494 e. The van der Waals surface area contributed by atoms with Crippen LogP contribution >= 0.6 is 0 Å². The second-order valence-electron chi connectivity index (χ2n) is 19.6. The van der Waals surface area contributed by atoms with Gasteiger partial charge in [0, 0.05) is 41.7 Å². The fourth-order valence-electron chi connectivity index (χ4n) is 8.59. The molecule has 0 fully saturated rings. The molecule has 0 aliphatic heterocycles. The Morgan fingerprint density at radius 1 is 0.602 bits per heavy atom. The molecule has 0 bridgehead atoms. The summed E-state index contributed by atoms with van der Waals surface area (Å²) in [4.78, 5) is 63.0. The Morgan fingerprint density at radius 2 is 1.28 bits per heavy atom. The van der Waals surface area contributed by atoms with Crippen LogP contribution in [0, 0.1) is 19.7 Å². The first kappa shape index (κ1) is 61.1. The number of fused-ring (bicyclic) bond motifs is 1. The van der Waals surface area contributed by atoms with Gasteiger partial charge in [0.2, 0.25) is 0 Å². The molecule has 0 saturated heterocycles. The number of nitrogens with zero attached hydrogens (tertiary/aromatic N) is 2. The summed E-state index contributed by atoms with van der Waals surface area (Å²) in [5, 5.41) is 10.1. The van der Waals surface area contributed by atoms with E-state index in [1.807, 2.05) is 55.5 Å². The van der Waals surface area contributed by atoms with Crippen molar-refractivity contribution in [3.63, 3.8) is 0 Å². The number of benzene rings is 7. The summed E-state index contributed by atoms with van der Waals surface area (Å²) in [5.74, 6) is -0.817. The minimum absolute atomic E-state index is 0.0740. The van der Waals surface area contributed by atoms with Crippen LogP contribution in [0.15, 0.2) is 175 Å². The van der Waals surface area contributed by atoms with Gasteiger partial charge in [-0.25, -0.2) is 23.6 Å². The van der Waals surface area contributed by atoms with Gasteiger partial charge in [-0.15, -0.1) is 5.11 Å². The number of ether oxygens (including phenoxy) is 7. The van der Waals surface area contributed by atoms with Gasteiger partial charge in [0.25, 0.3) is 0 Å². The molecular weight excluding hydrogens is 1060 g/mol. The van der Waals surface area contributed by atoms with Crippen molar-refractivity contribution >= 4 is 58.1 Å². The monoisotopic (exact) mass is 1120 g/mol. The molecular formula is C68H67FN2O12. The number of halogens is 1. The van der Waals surface area contributed by atoms with Crippen LogP contribution in [0.5, 0.6) is 28.7 Å². The van der Waals surface area contributed by atoms with Crippen molar-refractivity contribution in [1.82, 2.24) is 0 Å². The second-order valence-corrected chi connectivity index (χ2v) is 19.6. The number of carbonyl (C=O) groups excluding carboxylic acids is 5. The Hall–Kier alpha value is -9.50. The van der Waals surface area contributed by atoms with Crippen LogP contribution in [0.4, 0.5) is 15.8 Å². The summed E-state index contributed by atoms with van der Waals surface area (Å²) in [6.45, 7) is 15.7. The standard InChI is InChI=1S/C68H67FN2O12/c1-7-14-49-17-31-59(58(69)42-49)71-70-55-26-23-51(24-27-55)66-47(6)61(33-34-62(66)82-65(74)35-19-48-15-28-56(29-16-48)77-37-11-9-10-12-38-80-67(75)45(3)4)81-64(73)36-20-50-18-32-60(46(5)41-50)83-68(76)54-22-21-53-44-57(30-25-52(53)43-54)78-39-13-40-79-63(72)8-2/h8,15-18,20-34,36,41-44H,2-3,7,9-14,19,35,37-40H2,1,4-6H3/b36-20+,71-70?. The number of hydrogen-bond acceptors (Lipinski definition) is 14. The van der Waals surface area contributed by atoms with Crippen LogP contribution in [-0.4, -0.2) is 56.3 Å². The summed E-state index contributed by atoms with van der Waals surface area (Å²) in [5.41, 5.74) is 6.07. The van der Waals surface area contributed by atoms with Crippen LogP contribution in [0.3, 0.4) is 0 Å². The number of azo groups is 1. The summed E-state index contributed by atoms with van der Waals surface area (Å²) >= 11 is 0. The lowest BCUT2D eigenvalue weighted by Gasteiger charge is -2.16. The summed E-state index contributed by atoms with van der Waals surface area (Å²) in [7, 11) is 0. The molecule has 0 amide bonds. The van der Waals surface area contributed by atoms with E-state index in [1.54, 1.807) is 106 Å².